The van der Waals surface area contributed by atoms with Crippen LogP contribution in [0, 0.1) is 15.9 Å². The molecule has 2 rings (SSSR count). The number of hydrogen-bond donors (Lipinski definition) is 2. The first-order valence-electron chi connectivity index (χ1n) is 5.81. The topological polar surface area (TPSA) is 118 Å². The Morgan fingerprint density at radius 2 is 2.19 bits per heavy atom. The number of nitrogens with one attached hydrogen (secondary N) is 2. The zero-order valence-electron chi connectivity index (χ0n) is 10.6. The minimum Gasteiger partial charge on any atom is -0.348 e. The Balaban J connectivity index is 2.17. The quantitative estimate of drug-likeness (QED) is 0.608. The third-order valence-corrected chi connectivity index (χ3v) is 4.16. The second-order valence-corrected chi connectivity index (χ2v) is 5.83. The van der Waals surface area contributed by atoms with Crippen LogP contribution in [-0.4, -0.2) is 29.9 Å². The van der Waals surface area contributed by atoms with Crippen molar-refractivity contribution in [3.05, 3.63) is 52.3 Å². The predicted molar refractivity (Wildman–Crippen MR) is 70.5 cm³/mol. The molecule has 0 aliphatic heterocycles. The van der Waals surface area contributed by atoms with Crippen LogP contribution in [0.2, 0.25) is 0 Å². The van der Waals surface area contributed by atoms with Crippen LogP contribution in [0.1, 0.15) is 5.69 Å². The number of aromatic amines is 1. The van der Waals surface area contributed by atoms with Gasteiger partial charge in [-0.3, -0.25) is 10.1 Å². The maximum absolute atomic E-state index is 13.0. The van der Waals surface area contributed by atoms with Gasteiger partial charge in [-0.25, -0.2) is 22.5 Å². The van der Waals surface area contributed by atoms with E-state index in [1.165, 1.54) is 12.5 Å². The average molecular weight is 314 g/mol. The van der Waals surface area contributed by atoms with Crippen LogP contribution in [0.15, 0.2) is 35.6 Å². The van der Waals surface area contributed by atoms with Crippen LogP contribution in [0.3, 0.4) is 0 Å². The highest BCUT2D eigenvalue weighted by Gasteiger charge is 2.25. The maximum Gasteiger partial charge on any atom is 0.292 e. The first kappa shape index (κ1) is 15.1. The summed E-state index contributed by atoms with van der Waals surface area (Å²) < 4.78 is 39.3. The summed E-state index contributed by atoms with van der Waals surface area (Å²) in [5.74, 6) is -0.877. The Kier molecular flexibility index (Phi) is 4.29. The lowest BCUT2D eigenvalue weighted by molar-refractivity contribution is -0.388. The Morgan fingerprint density at radius 1 is 1.43 bits per heavy atom. The predicted octanol–water partition coefficient (Wildman–Crippen LogP) is 0.978. The van der Waals surface area contributed by atoms with Gasteiger partial charge in [0.25, 0.3) is 5.69 Å². The molecule has 10 heteroatoms. The van der Waals surface area contributed by atoms with Gasteiger partial charge in [-0.2, -0.15) is 0 Å². The Bertz CT molecular complexity index is 746. The van der Waals surface area contributed by atoms with E-state index in [1.54, 1.807) is 0 Å². The molecule has 0 fully saturated rings. The van der Waals surface area contributed by atoms with E-state index >= 15 is 0 Å². The summed E-state index contributed by atoms with van der Waals surface area (Å²) in [7, 11) is -4.10. The number of halogens is 1. The largest absolute Gasteiger partial charge is 0.348 e. The lowest BCUT2D eigenvalue weighted by atomic mass is 10.3. The molecule has 0 aliphatic carbocycles. The zero-order chi connectivity index (χ0) is 15.5. The van der Waals surface area contributed by atoms with Gasteiger partial charge in [0.1, 0.15) is 5.82 Å². The van der Waals surface area contributed by atoms with Crippen molar-refractivity contribution in [2.45, 2.75) is 11.3 Å². The molecule has 1 aromatic carbocycles. The molecule has 0 saturated heterocycles. The molecule has 2 N–H and O–H groups in total. The van der Waals surface area contributed by atoms with E-state index < -0.39 is 31.3 Å². The van der Waals surface area contributed by atoms with Gasteiger partial charge in [0.15, 0.2) is 4.90 Å². The number of nitro groups is 1. The van der Waals surface area contributed by atoms with Gasteiger partial charge in [0.05, 0.1) is 17.3 Å². The van der Waals surface area contributed by atoms with Crippen molar-refractivity contribution in [3.63, 3.8) is 0 Å². The SMILES string of the molecule is O=[N+]([O-])c1cc(F)ccc1S(=O)(=O)NCCc1cnc[nH]1. The number of benzene rings is 1. The maximum atomic E-state index is 13.0. The Hall–Kier alpha value is -2.33. The molecule has 1 aromatic heterocycles. The highest BCUT2D eigenvalue weighted by Crippen LogP contribution is 2.24. The highest BCUT2D eigenvalue weighted by atomic mass is 32.2. The van der Waals surface area contributed by atoms with Gasteiger partial charge >= 0.3 is 0 Å². The van der Waals surface area contributed by atoms with Crippen molar-refractivity contribution >= 4 is 15.7 Å². The van der Waals surface area contributed by atoms with E-state index in [0.717, 1.165) is 12.1 Å². The Morgan fingerprint density at radius 3 is 2.81 bits per heavy atom. The number of nitro benzene ring substituents is 1. The monoisotopic (exact) mass is 314 g/mol. The molecule has 8 nitrogen and oxygen atoms in total. The van der Waals surface area contributed by atoms with Gasteiger partial charge in [0, 0.05) is 24.9 Å². The first-order valence-corrected chi connectivity index (χ1v) is 7.29. The number of hydrogen-bond acceptors (Lipinski definition) is 5. The molecule has 0 saturated carbocycles. The van der Waals surface area contributed by atoms with Crippen molar-refractivity contribution in [1.29, 1.82) is 0 Å². The fraction of sp³-hybridized carbons (Fsp3) is 0.182. The molecule has 0 spiro atoms. The van der Waals surface area contributed by atoms with Crippen molar-refractivity contribution in [3.8, 4) is 0 Å². The van der Waals surface area contributed by atoms with Crippen LogP contribution < -0.4 is 4.72 Å². The number of rotatable bonds is 6. The third kappa shape index (κ3) is 3.61. The molecule has 21 heavy (non-hydrogen) atoms. The van der Waals surface area contributed by atoms with E-state index in [0.29, 0.717) is 18.2 Å². The van der Waals surface area contributed by atoms with Gasteiger partial charge < -0.3 is 4.98 Å². The van der Waals surface area contributed by atoms with Crippen molar-refractivity contribution in [2.24, 2.45) is 0 Å². The second-order valence-electron chi connectivity index (χ2n) is 4.09. The number of nitrogens with zero attached hydrogens (tertiary/aromatic N) is 2. The number of imidazole rings is 1. The number of H-pyrrole nitrogens is 1. The summed E-state index contributed by atoms with van der Waals surface area (Å²) in [6.07, 6.45) is 3.33. The summed E-state index contributed by atoms with van der Waals surface area (Å²) in [6.45, 7) is 0.0268. The molecule has 112 valence electrons. The smallest absolute Gasteiger partial charge is 0.292 e. The van der Waals surface area contributed by atoms with E-state index in [1.807, 2.05) is 0 Å². The molecule has 0 atom stereocenters. The molecule has 0 unspecified atom stereocenters. The lowest BCUT2D eigenvalue weighted by Gasteiger charge is -2.06. The van der Waals surface area contributed by atoms with Crippen molar-refractivity contribution in [2.75, 3.05) is 6.54 Å². The van der Waals surface area contributed by atoms with E-state index in [9.17, 15) is 22.9 Å². The highest BCUT2D eigenvalue weighted by molar-refractivity contribution is 7.89. The van der Waals surface area contributed by atoms with E-state index in [-0.39, 0.29) is 6.54 Å². The Labute approximate surface area is 119 Å². The van der Waals surface area contributed by atoms with Gasteiger partial charge in [0.2, 0.25) is 10.0 Å². The van der Waals surface area contributed by atoms with Gasteiger partial charge in [-0.1, -0.05) is 0 Å². The summed E-state index contributed by atoms with van der Waals surface area (Å²) in [6, 6.07) is 2.30. The normalized spacial score (nSPS) is 11.5. The summed E-state index contributed by atoms with van der Waals surface area (Å²) in [4.78, 5) is 15.9. The fourth-order valence-electron chi connectivity index (χ4n) is 1.68. The number of aromatic nitrogens is 2. The third-order valence-electron chi connectivity index (χ3n) is 2.65. The first-order chi connectivity index (χ1) is 9.90. The lowest BCUT2D eigenvalue weighted by Crippen LogP contribution is -2.26. The summed E-state index contributed by atoms with van der Waals surface area (Å²) in [5.41, 5.74) is -0.0876. The molecular formula is C11H11FN4O4S. The van der Waals surface area contributed by atoms with Crippen molar-refractivity contribution in [1.82, 2.24) is 14.7 Å². The van der Waals surface area contributed by atoms with Gasteiger partial charge in [-0.05, 0) is 12.1 Å². The summed E-state index contributed by atoms with van der Waals surface area (Å²) in [5, 5.41) is 10.8. The summed E-state index contributed by atoms with van der Waals surface area (Å²) >= 11 is 0. The van der Waals surface area contributed by atoms with Gasteiger partial charge in [-0.15, -0.1) is 0 Å². The van der Waals surface area contributed by atoms with E-state index in [2.05, 4.69) is 14.7 Å². The molecule has 0 aliphatic rings. The minimum absolute atomic E-state index is 0.0268. The van der Waals surface area contributed by atoms with Crippen LogP contribution >= 0.6 is 0 Å². The molecule has 0 radical (unpaired) electrons. The zero-order valence-corrected chi connectivity index (χ0v) is 11.4. The fourth-order valence-corrected chi connectivity index (χ4v) is 2.86. The molecular weight excluding hydrogens is 303 g/mol. The molecule has 2 aromatic rings. The standard InChI is InChI=1S/C11H11FN4O4S/c12-8-1-2-11(10(5-8)16(17)18)21(19,20)15-4-3-9-6-13-7-14-9/h1-2,5-7,15H,3-4H2,(H,13,14). The number of sulfonamides is 1. The second kappa shape index (κ2) is 5.97. The molecule has 1 heterocycles. The average Bonchev–Trinajstić information content (AvgIpc) is 2.91. The van der Waals surface area contributed by atoms with E-state index in [4.69, 9.17) is 0 Å². The molecule has 0 amide bonds. The minimum atomic E-state index is -4.10. The molecule has 0 bridgehead atoms. The van der Waals surface area contributed by atoms with Crippen LogP contribution in [-0.2, 0) is 16.4 Å². The van der Waals surface area contributed by atoms with Crippen molar-refractivity contribution < 1.29 is 17.7 Å². The van der Waals surface area contributed by atoms with Crippen LogP contribution in [0.5, 0.6) is 0 Å². The van der Waals surface area contributed by atoms with Crippen LogP contribution in [0.4, 0.5) is 10.1 Å². The van der Waals surface area contributed by atoms with Crippen LogP contribution in [0.25, 0.3) is 0 Å².